The zero-order valence-electron chi connectivity index (χ0n) is 11.5. The lowest BCUT2D eigenvalue weighted by atomic mass is 9.83. The molecule has 0 radical (unpaired) electrons. The van der Waals surface area contributed by atoms with E-state index in [4.69, 9.17) is 26.8 Å². The molecule has 2 N–H and O–H groups in total. The van der Waals surface area contributed by atoms with Crippen LogP contribution in [-0.4, -0.2) is 13.1 Å². The van der Waals surface area contributed by atoms with Crippen LogP contribution in [0.25, 0.3) is 0 Å². The standard InChI is InChI=1S/C15H13ClN2O3/c1-8-12(15(19)20-2)13(11(7-17)14(18)21-8)9-3-5-10(16)6-4-9/h3-6,13H,18H2,1-2H3. The fourth-order valence-corrected chi connectivity index (χ4v) is 2.37. The van der Waals surface area contributed by atoms with E-state index < -0.39 is 11.9 Å². The maximum atomic E-state index is 12.0. The number of ether oxygens (including phenoxy) is 2. The Balaban J connectivity index is 2.63. The smallest absolute Gasteiger partial charge is 0.338 e. The zero-order chi connectivity index (χ0) is 15.6. The normalized spacial score (nSPS) is 18.1. The van der Waals surface area contributed by atoms with Gasteiger partial charge in [0.1, 0.15) is 17.4 Å². The van der Waals surface area contributed by atoms with Gasteiger partial charge in [0.25, 0.3) is 0 Å². The predicted octanol–water partition coefficient (Wildman–Crippen LogP) is 2.59. The quantitative estimate of drug-likeness (QED) is 0.849. The van der Waals surface area contributed by atoms with Gasteiger partial charge in [-0.05, 0) is 24.6 Å². The van der Waals surface area contributed by atoms with Crippen molar-refractivity contribution in [3.63, 3.8) is 0 Å². The average Bonchev–Trinajstić information content (AvgIpc) is 2.46. The van der Waals surface area contributed by atoms with E-state index in [1.54, 1.807) is 31.2 Å². The van der Waals surface area contributed by atoms with E-state index in [0.717, 1.165) is 0 Å². The molecule has 0 saturated carbocycles. The molecule has 0 amide bonds. The molecule has 0 aromatic heterocycles. The minimum atomic E-state index is -0.631. The number of benzene rings is 1. The van der Waals surface area contributed by atoms with Gasteiger partial charge in [-0.15, -0.1) is 0 Å². The lowest BCUT2D eigenvalue weighted by molar-refractivity contribution is -0.136. The summed E-state index contributed by atoms with van der Waals surface area (Å²) in [5.74, 6) is -0.887. The van der Waals surface area contributed by atoms with Crippen molar-refractivity contribution in [3.8, 4) is 6.07 Å². The summed E-state index contributed by atoms with van der Waals surface area (Å²) in [5.41, 5.74) is 6.90. The minimum Gasteiger partial charge on any atom is -0.466 e. The molecule has 1 aromatic rings. The molecule has 21 heavy (non-hydrogen) atoms. The van der Waals surface area contributed by atoms with Crippen LogP contribution < -0.4 is 5.73 Å². The van der Waals surface area contributed by atoms with Gasteiger partial charge in [0, 0.05) is 5.02 Å². The number of rotatable bonds is 2. The summed E-state index contributed by atoms with van der Waals surface area (Å²) in [6.07, 6.45) is 0. The first-order chi connectivity index (χ1) is 9.99. The number of esters is 1. The third kappa shape index (κ3) is 2.71. The Kier molecular flexibility index (Phi) is 4.20. The predicted molar refractivity (Wildman–Crippen MR) is 76.8 cm³/mol. The number of hydrogen-bond donors (Lipinski definition) is 1. The molecule has 0 aliphatic carbocycles. The fourth-order valence-electron chi connectivity index (χ4n) is 2.24. The molecule has 1 atom stereocenters. The van der Waals surface area contributed by atoms with Crippen molar-refractivity contribution in [2.75, 3.05) is 7.11 Å². The van der Waals surface area contributed by atoms with Crippen molar-refractivity contribution < 1.29 is 14.3 Å². The maximum absolute atomic E-state index is 12.0. The van der Waals surface area contributed by atoms with E-state index in [-0.39, 0.29) is 17.0 Å². The Bertz CT molecular complexity index is 684. The van der Waals surface area contributed by atoms with Crippen molar-refractivity contribution >= 4 is 17.6 Å². The van der Waals surface area contributed by atoms with Crippen LogP contribution in [0, 0.1) is 11.3 Å². The molecule has 0 bridgehead atoms. The topological polar surface area (TPSA) is 85.3 Å². The van der Waals surface area contributed by atoms with Gasteiger partial charge in [0.15, 0.2) is 0 Å². The van der Waals surface area contributed by atoms with Crippen molar-refractivity contribution in [2.45, 2.75) is 12.8 Å². The lowest BCUT2D eigenvalue weighted by Crippen LogP contribution is -2.25. The molecule has 0 saturated heterocycles. The van der Waals surface area contributed by atoms with Gasteiger partial charge in [-0.1, -0.05) is 23.7 Å². The van der Waals surface area contributed by atoms with Gasteiger partial charge in [-0.3, -0.25) is 0 Å². The number of nitrogens with two attached hydrogens (primary N) is 1. The second kappa shape index (κ2) is 5.90. The molecule has 2 rings (SSSR count). The Labute approximate surface area is 127 Å². The fraction of sp³-hybridized carbons (Fsp3) is 0.200. The van der Waals surface area contributed by atoms with Crippen LogP contribution in [0.5, 0.6) is 0 Å². The molecular formula is C15H13ClN2O3. The molecule has 108 valence electrons. The van der Waals surface area contributed by atoms with Crippen molar-refractivity contribution in [3.05, 3.63) is 57.6 Å². The highest BCUT2D eigenvalue weighted by atomic mass is 35.5. The molecule has 1 aliphatic heterocycles. The first-order valence-electron chi connectivity index (χ1n) is 6.11. The largest absolute Gasteiger partial charge is 0.466 e. The molecule has 0 fully saturated rings. The summed E-state index contributed by atoms with van der Waals surface area (Å²) in [7, 11) is 1.27. The highest BCUT2D eigenvalue weighted by Gasteiger charge is 2.35. The Morgan fingerprint density at radius 1 is 1.43 bits per heavy atom. The highest BCUT2D eigenvalue weighted by molar-refractivity contribution is 6.30. The van der Waals surface area contributed by atoms with E-state index in [0.29, 0.717) is 16.3 Å². The number of carbonyl (C=O) groups is 1. The number of hydrogen-bond acceptors (Lipinski definition) is 5. The highest BCUT2D eigenvalue weighted by Crippen LogP contribution is 2.39. The van der Waals surface area contributed by atoms with Crippen LogP contribution in [0.15, 0.2) is 47.1 Å². The van der Waals surface area contributed by atoms with Crippen LogP contribution in [-0.2, 0) is 14.3 Å². The van der Waals surface area contributed by atoms with Crippen LogP contribution in [0.4, 0.5) is 0 Å². The third-order valence-corrected chi connectivity index (χ3v) is 3.47. The van der Waals surface area contributed by atoms with Gasteiger partial charge in [0.2, 0.25) is 5.88 Å². The minimum absolute atomic E-state index is 0.0115. The zero-order valence-corrected chi connectivity index (χ0v) is 12.3. The van der Waals surface area contributed by atoms with Gasteiger partial charge in [-0.25, -0.2) is 4.79 Å². The molecular weight excluding hydrogens is 292 g/mol. The number of allylic oxidation sites excluding steroid dienone is 2. The van der Waals surface area contributed by atoms with E-state index in [2.05, 4.69) is 0 Å². The lowest BCUT2D eigenvalue weighted by Gasteiger charge is -2.26. The summed E-state index contributed by atoms with van der Waals surface area (Å²) in [6, 6.07) is 8.84. The number of carbonyl (C=O) groups excluding carboxylic acids is 1. The Morgan fingerprint density at radius 3 is 2.57 bits per heavy atom. The van der Waals surface area contributed by atoms with Crippen LogP contribution in [0.3, 0.4) is 0 Å². The molecule has 1 aliphatic rings. The van der Waals surface area contributed by atoms with Crippen LogP contribution in [0.2, 0.25) is 5.02 Å². The second-order valence-electron chi connectivity index (χ2n) is 4.44. The molecule has 1 aromatic carbocycles. The molecule has 5 nitrogen and oxygen atoms in total. The third-order valence-electron chi connectivity index (χ3n) is 3.21. The van der Waals surface area contributed by atoms with Gasteiger partial charge in [0.05, 0.1) is 18.6 Å². The van der Waals surface area contributed by atoms with Gasteiger partial charge < -0.3 is 15.2 Å². The number of methoxy groups -OCH3 is 1. The maximum Gasteiger partial charge on any atom is 0.338 e. The van der Waals surface area contributed by atoms with E-state index >= 15 is 0 Å². The monoisotopic (exact) mass is 304 g/mol. The summed E-state index contributed by atoms with van der Waals surface area (Å²) < 4.78 is 10.1. The molecule has 0 spiro atoms. The summed E-state index contributed by atoms with van der Waals surface area (Å²) in [6.45, 7) is 1.61. The van der Waals surface area contributed by atoms with Crippen LogP contribution >= 0.6 is 11.6 Å². The summed E-state index contributed by atoms with van der Waals surface area (Å²) in [4.78, 5) is 12.0. The molecule has 6 heteroatoms. The number of halogens is 1. The SMILES string of the molecule is COC(=O)C1=C(C)OC(N)=C(C#N)C1c1ccc(Cl)cc1. The van der Waals surface area contributed by atoms with Crippen molar-refractivity contribution in [1.29, 1.82) is 5.26 Å². The van der Waals surface area contributed by atoms with Gasteiger partial charge in [-0.2, -0.15) is 5.26 Å². The Hall–Kier alpha value is -2.45. The first kappa shape index (κ1) is 14.9. The molecule has 1 heterocycles. The first-order valence-corrected chi connectivity index (χ1v) is 6.49. The van der Waals surface area contributed by atoms with E-state index in [1.165, 1.54) is 7.11 Å². The average molecular weight is 305 g/mol. The number of nitriles is 1. The van der Waals surface area contributed by atoms with E-state index in [1.807, 2.05) is 6.07 Å². The second-order valence-corrected chi connectivity index (χ2v) is 4.87. The molecule has 1 unspecified atom stereocenters. The van der Waals surface area contributed by atoms with Crippen molar-refractivity contribution in [1.82, 2.24) is 0 Å². The number of nitrogens with zero attached hydrogens (tertiary/aromatic N) is 1. The van der Waals surface area contributed by atoms with E-state index in [9.17, 15) is 10.1 Å². The van der Waals surface area contributed by atoms with Crippen LogP contribution in [0.1, 0.15) is 18.4 Å². The summed E-state index contributed by atoms with van der Waals surface area (Å²) in [5, 5.41) is 9.89. The van der Waals surface area contributed by atoms with Gasteiger partial charge >= 0.3 is 5.97 Å². The van der Waals surface area contributed by atoms with Crippen molar-refractivity contribution in [2.24, 2.45) is 5.73 Å². The Morgan fingerprint density at radius 2 is 2.05 bits per heavy atom. The summed E-state index contributed by atoms with van der Waals surface area (Å²) >= 11 is 5.87.